The largest absolute Gasteiger partial charge is 0.486 e. The van der Waals surface area contributed by atoms with Gasteiger partial charge in [-0.1, -0.05) is 107 Å². The van der Waals surface area contributed by atoms with Gasteiger partial charge < -0.3 is 10.0 Å². The van der Waals surface area contributed by atoms with Crippen molar-refractivity contribution in [1.82, 2.24) is 0 Å². The fourth-order valence-corrected chi connectivity index (χ4v) is 8.69. The second kappa shape index (κ2) is 12.1. The van der Waals surface area contributed by atoms with Gasteiger partial charge in [0.25, 0.3) is 5.70 Å². The number of hydrogen-bond acceptors (Lipinski definition) is 3. The lowest BCUT2D eigenvalue weighted by atomic mass is 9.82. The van der Waals surface area contributed by atoms with Crippen LogP contribution in [-0.2, 0) is 15.6 Å². The van der Waals surface area contributed by atoms with Crippen LogP contribution in [0.3, 0.4) is 0 Å². The molecule has 5 heteroatoms. The first-order valence-electron chi connectivity index (χ1n) is 17.1. The maximum atomic E-state index is 11.3. The van der Waals surface area contributed by atoms with Gasteiger partial charge in [-0.15, -0.1) is 11.3 Å². The van der Waals surface area contributed by atoms with E-state index in [9.17, 15) is 9.90 Å². The van der Waals surface area contributed by atoms with E-state index in [4.69, 9.17) is 6.57 Å². The summed E-state index contributed by atoms with van der Waals surface area (Å²) in [7, 11) is 0. The van der Waals surface area contributed by atoms with E-state index in [2.05, 4.69) is 153 Å². The van der Waals surface area contributed by atoms with E-state index < -0.39 is 5.97 Å². The minimum atomic E-state index is -1.22. The normalized spacial score (nSPS) is 14.8. The molecule has 2 aliphatic carbocycles. The van der Waals surface area contributed by atoms with Gasteiger partial charge in [0.15, 0.2) is 0 Å². The van der Waals surface area contributed by atoms with Crippen molar-refractivity contribution in [1.29, 1.82) is 0 Å². The summed E-state index contributed by atoms with van der Waals surface area (Å²) in [6.45, 7) is 16.4. The van der Waals surface area contributed by atoms with Gasteiger partial charge in [0, 0.05) is 37.6 Å². The Morgan fingerprint density at radius 1 is 0.627 bits per heavy atom. The van der Waals surface area contributed by atoms with E-state index >= 15 is 0 Å². The van der Waals surface area contributed by atoms with Crippen LogP contribution in [0, 0.1) is 6.57 Å². The molecule has 1 N–H and O–H groups in total. The molecular weight excluding hydrogens is 645 g/mol. The Morgan fingerprint density at radius 3 is 1.65 bits per heavy atom. The van der Waals surface area contributed by atoms with Crippen molar-refractivity contribution in [3.05, 3.63) is 176 Å². The van der Waals surface area contributed by atoms with Gasteiger partial charge in [-0.25, -0.2) is 4.85 Å². The first-order valence-corrected chi connectivity index (χ1v) is 17.9. The third-order valence-corrected chi connectivity index (χ3v) is 11.5. The molecular formula is C46H36N2O2S. The van der Waals surface area contributed by atoms with E-state index in [-0.39, 0.29) is 16.5 Å². The molecule has 0 saturated heterocycles. The Morgan fingerprint density at radius 2 is 1.12 bits per heavy atom. The highest BCUT2D eigenvalue weighted by molar-refractivity contribution is 7.13. The fraction of sp³-hybridized carbons (Fsp3) is 0.130. The molecule has 6 aromatic rings. The van der Waals surface area contributed by atoms with Crippen LogP contribution in [0.2, 0.25) is 0 Å². The smallest absolute Gasteiger partial charge is 0.333 e. The molecule has 0 bridgehead atoms. The Labute approximate surface area is 303 Å². The van der Waals surface area contributed by atoms with Gasteiger partial charge in [0.05, 0.1) is 6.57 Å². The lowest BCUT2D eigenvalue weighted by Crippen LogP contribution is -2.18. The summed E-state index contributed by atoms with van der Waals surface area (Å²) in [4.78, 5) is 18.5. The van der Waals surface area contributed by atoms with E-state index in [1.165, 1.54) is 61.9 Å². The molecule has 248 valence electrons. The molecule has 1 heterocycles. The summed E-state index contributed by atoms with van der Waals surface area (Å²) in [6, 6.07) is 43.8. The van der Waals surface area contributed by atoms with Crippen LogP contribution in [0.25, 0.3) is 45.3 Å². The molecule has 4 nitrogen and oxygen atoms in total. The Kier molecular flexibility index (Phi) is 7.67. The number of thiophene rings is 1. The van der Waals surface area contributed by atoms with Gasteiger partial charge in [-0.3, -0.25) is 4.79 Å². The van der Waals surface area contributed by atoms with Crippen LogP contribution in [-0.4, -0.2) is 11.1 Å². The summed E-state index contributed by atoms with van der Waals surface area (Å²) in [5.41, 5.74) is 14.4. The Balaban J connectivity index is 1.18. The lowest BCUT2D eigenvalue weighted by Gasteiger charge is -2.29. The number of benzene rings is 5. The minimum Gasteiger partial charge on any atom is -0.486 e. The van der Waals surface area contributed by atoms with Gasteiger partial charge >= 0.3 is 5.97 Å². The van der Waals surface area contributed by atoms with Gasteiger partial charge in [-0.05, 0) is 111 Å². The van der Waals surface area contributed by atoms with Gasteiger partial charge in [0.2, 0.25) is 0 Å². The zero-order valence-electron chi connectivity index (χ0n) is 28.9. The van der Waals surface area contributed by atoms with Crippen molar-refractivity contribution in [2.75, 3.05) is 4.90 Å². The zero-order valence-corrected chi connectivity index (χ0v) is 29.8. The number of carboxylic acid groups (broad SMARTS) is 1. The third-order valence-electron chi connectivity index (χ3n) is 10.5. The number of aliphatic carboxylic acids is 1. The third kappa shape index (κ3) is 5.40. The maximum absolute atomic E-state index is 11.3. The molecule has 0 fully saturated rings. The summed E-state index contributed by atoms with van der Waals surface area (Å²) in [5.74, 6) is -1.22. The molecule has 1 aromatic heterocycles. The number of fused-ring (bicyclic) bond motifs is 6. The highest BCUT2D eigenvalue weighted by Gasteiger charge is 2.37. The summed E-state index contributed by atoms with van der Waals surface area (Å²) in [5, 5.41) is 9.21. The van der Waals surface area contributed by atoms with Crippen molar-refractivity contribution in [2.45, 2.75) is 38.5 Å². The van der Waals surface area contributed by atoms with E-state index in [0.29, 0.717) is 0 Å². The average molecular weight is 681 g/mol. The quantitative estimate of drug-likeness (QED) is 0.135. The van der Waals surface area contributed by atoms with Gasteiger partial charge in [-0.2, -0.15) is 0 Å². The molecule has 51 heavy (non-hydrogen) atoms. The highest BCUT2D eigenvalue weighted by Crippen LogP contribution is 2.53. The lowest BCUT2D eigenvalue weighted by molar-refractivity contribution is -0.132. The van der Waals surface area contributed by atoms with Crippen LogP contribution in [0.1, 0.15) is 65.3 Å². The van der Waals surface area contributed by atoms with Crippen molar-refractivity contribution >= 4 is 52.6 Å². The average Bonchev–Trinajstić information content (AvgIpc) is 3.76. The molecule has 0 spiro atoms. The second-order valence-electron chi connectivity index (χ2n) is 14.2. The van der Waals surface area contributed by atoms with Gasteiger partial charge in [0.1, 0.15) is 0 Å². The standard InChI is InChI=1S/C46H36N2O2S/c1-45(2)39-12-8-6-10-35(39)37-24-19-31(26-41(37)45)48(32-20-25-38-36-11-7-9-13-40(36)46(3,4)42(38)27-32)30-17-14-29(15-18-30)16-21-33-22-23-34(51-33)28-43(47-5)44(49)50/h6-28H,1-4H3,(H,49,50)/b21-16+,43-28-. The Bertz CT molecular complexity index is 2370. The highest BCUT2D eigenvalue weighted by atomic mass is 32.1. The second-order valence-corrected chi connectivity index (χ2v) is 15.4. The molecule has 8 rings (SSSR count). The summed E-state index contributed by atoms with van der Waals surface area (Å²) < 4.78 is 0. The monoisotopic (exact) mass is 680 g/mol. The number of hydrogen-bond donors (Lipinski definition) is 1. The number of carboxylic acids is 1. The molecule has 0 radical (unpaired) electrons. The number of carbonyl (C=O) groups is 1. The van der Waals surface area contributed by atoms with Crippen molar-refractivity contribution in [3.8, 4) is 22.3 Å². The first-order chi connectivity index (χ1) is 24.6. The molecule has 0 atom stereocenters. The van der Waals surface area contributed by atoms with Crippen LogP contribution in [0.15, 0.2) is 127 Å². The number of rotatable bonds is 7. The minimum absolute atomic E-state index is 0.119. The van der Waals surface area contributed by atoms with Crippen molar-refractivity contribution in [3.63, 3.8) is 0 Å². The predicted molar refractivity (Wildman–Crippen MR) is 212 cm³/mol. The molecule has 0 saturated carbocycles. The maximum Gasteiger partial charge on any atom is 0.333 e. The van der Waals surface area contributed by atoms with E-state index in [0.717, 1.165) is 32.4 Å². The van der Waals surface area contributed by atoms with Crippen molar-refractivity contribution in [2.24, 2.45) is 0 Å². The van der Waals surface area contributed by atoms with E-state index in [1.54, 1.807) is 0 Å². The van der Waals surface area contributed by atoms with E-state index in [1.807, 2.05) is 18.2 Å². The van der Waals surface area contributed by atoms with Crippen LogP contribution in [0.5, 0.6) is 0 Å². The topological polar surface area (TPSA) is 44.9 Å². The number of nitrogens with zero attached hydrogens (tertiary/aromatic N) is 2. The summed E-state index contributed by atoms with van der Waals surface area (Å²) in [6.07, 6.45) is 5.50. The summed E-state index contributed by atoms with van der Waals surface area (Å²) >= 11 is 1.45. The molecule has 2 aliphatic rings. The van der Waals surface area contributed by atoms with Crippen LogP contribution in [0.4, 0.5) is 17.1 Å². The number of anilines is 3. The molecule has 0 amide bonds. The Hall–Kier alpha value is -5.96. The molecule has 5 aromatic carbocycles. The van der Waals surface area contributed by atoms with Crippen LogP contribution < -0.4 is 4.90 Å². The zero-order chi connectivity index (χ0) is 35.5. The predicted octanol–water partition coefficient (Wildman–Crippen LogP) is 12.3. The fourth-order valence-electron chi connectivity index (χ4n) is 7.83. The van der Waals surface area contributed by atoms with Crippen LogP contribution >= 0.6 is 11.3 Å². The molecule has 0 aliphatic heterocycles. The first kappa shape index (κ1) is 32.3. The molecule has 0 unspecified atom stereocenters. The van der Waals surface area contributed by atoms with Crippen molar-refractivity contribution < 1.29 is 9.90 Å². The SMILES string of the molecule is [C-]#[N+]/C(=C\c1ccc(/C=C/c2ccc(N(c3ccc4c(c3)C(C)(C)c3ccccc3-4)c3ccc4c(c3)C(C)(C)c3ccccc3-4)cc2)s1)C(=O)O.